The van der Waals surface area contributed by atoms with Crippen molar-refractivity contribution in [3.63, 3.8) is 0 Å². The molecule has 1 aromatic carbocycles. The number of rotatable bonds is 6. The fourth-order valence-electron chi connectivity index (χ4n) is 2.90. The van der Waals surface area contributed by atoms with Crippen molar-refractivity contribution in [2.45, 2.75) is 32.1 Å². The molecule has 7 nitrogen and oxygen atoms in total. The van der Waals surface area contributed by atoms with Crippen molar-refractivity contribution in [3.8, 4) is 0 Å². The Balaban J connectivity index is 1.64. The zero-order valence-electron chi connectivity index (χ0n) is 14.2. The second-order valence-corrected chi connectivity index (χ2v) is 6.21. The van der Waals surface area contributed by atoms with Gasteiger partial charge in [0.1, 0.15) is 12.6 Å². The van der Waals surface area contributed by atoms with E-state index in [-0.39, 0.29) is 31.1 Å². The summed E-state index contributed by atoms with van der Waals surface area (Å²) >= 11 is 0. The van der Waals surface area contributed by atoms with E-state index >= 15 is 0 Å². The molecule has 0 radical (unpaired) electrons. The van der Waals surface area contributed by atoms with Crippen molar-refractivity contribution in [3.05, 3.63) is 54.6 Å². The third-order valence-corrected chi connectivity index (χ3v) is 4.13. The summed E-state index contributed by atoms with van der Waals surface area (Å²) in [7, 11) is 0. The van der Waals surface area contributed by atoms with Gasteiger partial charge >= 0.3 is 0 Å². The topological polar surface area (TPSA) is 76.5 Å². The van der Waals surface area contributed by atoms with Crippen LogP contribution in [0.4, 0.5) is 0 Å². The molecule has 7 heteroatoms. The van der Waals surface area contributed by atoms with E-state index < -0.39 is 6.04 Å². The number of amides is 2. The Labute approximate surface area is 146 Å². The van der Waals surface area contributed by atoms with Gasteiger partial charge in [0, 0.05) is 31.5 Å². The zero-order valence-corrected chi connectivity index (χ0v) is 14.2. The highest BCUT2D eigenvalue weighted by atomic mass is 16.5. The molecular formula is C18H22N4O3. The molecule has 2 aromatic rings. The summed E-state index contributed by atoms with van der Waals surface area (Å²) in [5.41, 5.74) is 0.988. The first kappa shape index (κ1) is 17.2. The maximum atomic E-state index is 12.7. The minimum absolute atomic E-state index is 0.0151. The SMILES string of the molecule is C[C@@H](Cn1ccnc1)NC(=O)[C@@H]1COCC(=O)N1Cc1ccccc1. The van der Waals surface area contributed by atoms with Gasteiger partial charge in [0.15, 0.2) is 0 Å². The summed E-state index contributed by atoms with van der Waals surface area (Å²) in [4.78, 5) is 30.5. The number of nitrogens with one attached hydrogen (secondary N) is 1. The van der Waals surface area contributed by atoms with Crippen LogP contribution in [0.3, 0.4) is 0 Å². The third kappa shape index (κ3) is 4.45. The third-order valence-electron chi connectivity index (χ3n) is 4.13. The van der Waals surface area contributed by atoms with Crippen molar-refractivity contribution in [2.75, 3.05) is 13.2 Å². The Morgan fingerprint density at radius 1 is 1.40 bits per heavy atom. The number of aromatic nitrogens is 2. The van der Waals surface area contributed by atoms with Crippen molar-refractivity contribution < 1.29 is 14.3 Å². The number of imidazole rings is 1. The van der Waals surface area contributed by atoms with Crippen LogP contribution in [0.2, 0.25) is 0 Å². The molecule has 3 rings (SSSR count). The molecule has 0 aliphatic carbocycles. The first-order valence-electron chi connectivity index (χ1n) is 8.30. The molecule has 0 unspecified atom stereocenters. The van der Waals surface area contributed by atoms with Gasteiger partial charge in [-0.3, -0.25) is 9.59 Å². The van der Waals surface area contributed by atoms with Gasteiger partial charge in [-0.2, -0.15) is 0 Å². The molecule has 2 amide bonds. The average molecular weight is 342 g/mol. The normalized spacial score (nSPS) is 18.8. The van der Waals surface area contributed by atoms with E-state index in [9.17, 15) is 9.59 Å². The summed E-state index contributed by atoms with van der Waals surface area (Å²) in [5, 5.41) is 2.96. The van der Waals surface area contributed by atoms with Gasteiger partial charge in [-0.1, -0.05) is 30.3 Å². The van der Waals surface area contributed by atoms with Crippen LogP contribution in [0, 0.1) is 0 Å². The molecule has 25 heavy (non-hydrogen) atoms. The molecule has 1 aliphatic heterocycles. The number of hydrogen-bond donors (Lipinski definition) is 1. The van der Waals surface area contributed by atoms with Crippen LogP contribution in [-0.2, 0) is 27.4 Å². The standard InChI is InChI=1S/C18H22N4O3/c1-14(9-21-8-7-19-13-21)20-18(24)16-11-25-12-17(23)22(16)10-15-5-3-2-4-6-15/h2-8,13-14,16H,9-12H2,1H3,(H,20,24)/t14-,16-/m0/s1. The van der Waals surface area contributed by atoms with Gasteiger partial charge in [0.2, 0.25) is 11.8 Å². The lowest BCUT2D eigenvalue weighted by molar-refractivity contribution is -0.155. The molecule has 1 N–H and O–H groups in total. The maximum Gasteiger partial charge on any atom is 0.249 e. The molecule has 1 aromatic heterocycles. The largest absolute Gasteiger partial charge is 0.369 e. The Morgan fingerprint density at radius 2 is 2.20 bits per heavy atom. The summed E-state index contributed by atoms with van der Waals surface area (Å²) in [6.07, 6.45) is 5.25. The Hall–Kier alpha value is -2.67. The minimum atomic E-state index is -0.619. The molecule has 1 saturated heterocycles. The number of carbonyl (C=O) groups excluding carboxylic acids is 2. The fraction of sp³-hybridized carbons (Fsp3) is 0.389. The molecule has 2 atom stereocenters. The summed E-state index contributed by atoms with van der Waals surface area (Å²) < 4.78 is 7.20. The quantitative estimate of drug-likeness (QED) is 0.843. The number of hydrogen-bond acceptors (Lipinski definition) is 4. The Morgan fingerprint density at radius 3 is 2.92 bits per heavy atom. The van der Waals surface area contributed by atoms with Crippen LogP contribution >= 0.6 is 0 Å². The summed E-state index contributed by atoms with van der Waals surface area (Å²) in [5.74, 6) is -0.367. The van der Waals surface area contributed by atoms with Crippen LogP contribution in [0.15, 0.2) is 49.1 Å². The van der Waals surface area contributed by atoms with E-state index in [1.54, 1.807) is 17.4 Å². The highest BCUT2D eigenvalue weighted by molar-refractivity contribution is 5.89. The first-order valence-corrected chi connectivity index (χ1v) is 8.30. The van der Waals surface area contributed by atoms with Crippen LogP contribution in [0.1, 0.15) is 12.5 Å². The lowest BCUT2D eigenvalue weighted by Crippen LogP contribution is -2.57. The van der Waals surface area contributed by atoms with Crippen LogP contribution in [0.5, 0.6) is 0 Å². The number of benzene rings is 1. The zero-order chi connectivity index (χ0) is 17.6. The number of carbonyl (C=O) groups is 2. The van der Waals surface area contributed by atoms with Crippen molar-refractivity contribution in [1.29, 1.82) is 0 Å². The lowest BCUT2D eigenvalue weighted by atomic mass is 10.1. The molecule has 0 spiro atoms. The van der Waals surface area contributed by atoms with E-state index in [0.717, 1.165) is 5.56 Å². The van der Waals surface area contributed by atoms with Gasteiger partial charge in [-0.25, -0.2) is 4.98 Å². The van der Waals surface area contributed by atoms with Crippen LogP contribution in [0.25, 0.3) is 0 Å². The predicted octanol–water partition coefficient (Wildman–Crippen LogP) is 0.815. The average Bonchev–Trinajstić information content (AvgIpc) is 3.10. The molecule has 2 heterocycles. The van der Waals surface area contributed by atoms with E-state index in [4.69, 9.17) is 4.74 Å². The first-order chi connectivity index (χ1) is 12.1. The van der Waals surface area contributed by atoms with E-state index in [2.05, 4.69) is 10.3 Å². The van der Waals surface area contributed by atoms with E-state index in [0.29, 0.717) is 13.1 Å². The summed E-state index contributed by atoms with van der Waals surface area (Å²) in [6, 6.07) is 8.94. The molecule has 0 bridgehead atoms. The predicted molar refractivity (Wildman–Crippen MR) is 91.4 cm³/mol. The monoisotopic (exact) mass is 342 g/mol. The molecule has 1 fully saturated rings. The Bertz CT molecular complexity index is 702. The van der Waals surface area contributed by atoms with E-state index in [1.807, 2.05) is 48.0 Å². The fourth-order valence-corrected chi connectivity index (χ4v) is 2.90. The summed E-state index contributed by atoms with van der Waals surface area (Å²) in [6.45, 7) is 3.16. The molecule has 132 valence electrons. The highest BCUT2D eigenvalue weighted by Gasteiger charge is 2.34. The highest BCUT2D eigenvalue weighted by Crippen LogP contribution is 2.14. The molecular weight excluding hydrogens is 320 g/mol. The maximum absolute atomic E-state index is 12.7. The smallest absolute Gasteiger partial charge is 0.249 e. The van der Waals surface area contributed by atoms with Gasteiger partial charge in [-0.15, -0.1) is 0 Å². The Kier molecular flexibility index (Phi) is 5.45. The lowest BCUT2D eigenvalue weighted by Gasteiger charge is -2.35. The second-order valence-electron chi connectivity index (χ2n) is 6.21. The number of ether oxygens (including phenoxy) is 1. The van der Waals surface area contributed by atoms with Crippen molar-refractivity contribution in [2.24, 2.45) is 0 Å². The van der Waals surface area contributed by atoms with E-state index in [1.165, 1.54) is 0 Å². The van der Waals surface area contributed by atoms with Crippen LogP contribution in [-0.4, -0.2) is 51.6 Å². The molecule has 1 aliphatic rings. The van der Waals surface area contributed by atoms with Crippen LogP contribution < -0.4 is 5.32 Å². The van der Waals surface area contributed by atoms with Gasteiger partial charge < -0.3 is 19.5 Å². The minimum Gasteiger partial charge on any atom is -0.369 e. The van der Waals surface area contributed by atoms with Crippen molar-refractivity contribution in [1.82, 2.24) is 19.8 Å². The van der Waals surface area contributed by atoms with Gasteiger partial charge in [0.25, 0.3) is 0 Å². The van der Waals surface area contributed by atoms with Gasteiger partial charge in [0.05, 0.1) is 12.9 Å². The number of nitrogens with zero attached hydrogens (tertiary/aromatic N) is 3. The second kappa shape index (κ2) is 7.94. The number of morpholine rings is 1. The van der Waals surface area contributed by atoms with Crippen molar-refractivity contribution >= 4 is 11.8 Å². The molecule has 0 saturated carbocycles. The van der Waals surface area contributed by atoms with Gasteiger partial charge in [-0.05, 0) is 12.5 Å².